The monoisotopic (exact) mass is 297 g/mol. The van der Waals surface area contributed by atoms with Crippen molar-refractivity contribution in [1.29, 1.82) is 0 Å². The first-order chi connectivity index (χ1) is 9.39. The van der Waals surface area contributed by atoms with Crippen molar-refractivity contribution < 1.29 is 18.3 Å². The molecule has 2 rings (SSSR count). The molecule has 0 atom stereocenters. The SMILES string of the molecule is CCCCS(=O)(=O)Nc1ccc(C2(C(=O)O)CC2)cc1. The third kappa shape index (κ3) is 3.12. The van der Waals surface area contributed by atoms with Crippen molar-refractivity contribution in [1.82, 2.24) is 0 Å². The van der Waals surface area contributed by atoms with Gasteiger partial charge in [-0.2, -0.15) is 0 Å². The van der Waals surface area contributed by atoms with Crippen LogP contribution in [0.25, 0.3) is 0 Å². The summed E-state index contributed by atoms with van der Waals surface area (Å²) in [6, 6.07) is 6.64. The molecule has 0 amide bonds. The fourth-order valence-corrected chi connectivity index (χ4v) is 3.44. The smallest absolute Gasteiger partial charge is 0.314 e. The average Bonchev–Trinajstić information content (AvgIpc) is 3.18. The van der Waals surface area contributed by atoms with Gasteiger partial charge >= 0.3 is 5.97 Å². The second kappa shape index (κ2) is 5.44. The van der Waals surface area contributed by atoms with Gasteiger partial charge in [0.15, 0.2) is 0 Å². The Bertz CT molecular complexity index is 588. The number of carbonyl (C=O) groups is 1. The van der Waals surface area contributed by atoms with Crippen LogP contribution in [0.3, 0.4) is 0 Å². The van der Waals surface area contributed by atoms with Gasteiger partial charge in [0.1, 0.15) is 0 Å². The van der Waals surface area contributed by atoms with E-state index in [2.05, 4.69) is 4.72 Å². The number of carboxylic acid groups (broad SMARTS) is 1. The lowest BCUT2D eigenvalue weighted by Gasteiger charge is -2.12. The van der Waals surface area contributed by atoms with Crippen molar-refractivity contribution in [2.75, 3.05) is 10.5 Å². The molecule has 0 bridgehead atoms. The van der Waals surface area contributed by atoms with Gasteiger partial charge in [-0.05, 0) is 37.0 Å². The van der Waals surface area contributed by atoms with Crippen LogP contribution in [0.1, 0.15) is 38.2 Å². The molecule has 0 aliphatic heterocycles. The van der Waals surface area contributed by atoms with Gasteiger partial charge in [-0.1, -0.05) is 25.5 Å². The Morgan fingerprint density at radius 2 is 1.90 bits per heavy atom. The molecule has 110 valence electrons. The predicted molar refractivity (Wildman–Crippen MR) is 77.3 cm³/mol. The fraction of sp³-hybridized carbons (Fsp3) is 0.500. The normalized spacial score (nSPS) is 16.6. The zero-order valence-corrected chi connectivity index (χ0v) is 12.2. The highest BCUT2D eigenvalue weighted by Crippen LogP contribution is 2.48. The summed E-state index contributed by atoms with van der Waals surface area (Å²) in [5, 5.41) is 9.20. The van der Waals surface area contributed by atoms with Gasteiger partial charge in [-0.3, -0.25) is 9.52 Å². The van der Waals surface area contributed by atoms with Gasteiger partial charge in [-0.25, -0.2) is 8.42 Å². The molecule has 0 heterocycles. The number of rotatable bonds is 7. The van der Waals surface area contributed by atoms with E-state index in [9.17, 15) is 18.3 Å². The maximum Gasteiger partial charge on any atom is 0.314 e. The predicted octanol–water partition coefficient (Wildman–Crippen LogP) is 2.34. The zero-order chi connectivity index (χ0) is 14.8. The highest BCUT2D eigenvalue weighted by atomic mass is 32.2. The van der Waals surface area contributed by atoms with Crippen molar-refractivity contribution in [2.24, 2.45) is 0 Å². The van der Waals surface area contributed by atoms with Crippen molar-refractivity contribution in [3.63, 3.8) is 0 Å². The molecular weight excluding hydrogens is 278 g/mol. The number of sulfonamides is 1. The van der Waals surface area contributed by atoms with E-state index in [4.69, 9.17) is 0 Å². The summed E-state index contributed by atoms with van der Waals surface area (Å²) in [5.74, 6) is -0.710. The minimum Gasteiger partial charge on any atom is -0.481 e. The lowest BCUT2D eigenvalue weighted by atomic mass is 9.96. The van der Waals surface area contributed by atoms with Gasteiger partial charge in [-0.15, -0.1) is 0 Å². The molecule has 0 unspecified atom stereocenters. The molecule has 1 saturated carbocycles. The van der Waals surface area contributed by atoms with Crippen molar-refractivity contribution >= 4 is 21.7 Å². The quantitative estimate of drug-likeness (QED) is 0.809. The van der Waals surface area contributed by atoms with Crippen LogP contribution < -0.4 is 4.72 Å². The van der Waals surface area contributed by atoms with Crippen molar-refractivity contribution in [3.8, 4) is 0 Å². The number of anilines is 1. The van der Waals surface area contributed by atoms with Crippen LogP contribution in [-0.4, -0.2) is 25.2 Å². The summed E-state index contributed by atoms with van der Waals surface area (Å²) < 4.78 is 26.0. The molecule has 0 aromatic heterocycles. The van der Waals surface area contributed by atoms with Crippen molar-refractivity contribution in [2.45, 2.75) is 38.0 Å². The fourth-order valence-electron chi connectivity index (χ4n) is 2.17. The standard InChI is InChI=1S/C14H19NO4S/c1-2-3-10-20(18,19)15-12-6-4-11(5-7-12)14(8-9-14)13(16)17/h4-7,15H,2-3,8-10H2,1H3,(H,16,17). The summed E-state index contributed by atoms with van der Waals surface area (Å²) in [6.45, 7) is 1.94. The second-order valence-corrected chi connectivity index (χ2v) is 7.08. The molecule has 2 N–H and O–H groups in total. The molecule has 1 aliphatic carbocycles. The van der Waals surface area contributed by atoms with E-state index in [1.807, 2.05) is 6.92 Å². The minimum absolute atomic E-state index is 0.102. The zero-order valence-electron chi connectivity index (χ0n) is 11.4. The van der Waals surface area contributed by atoms with E-state index in [1.165, 1.54) is 0 Å². The number of unbranched alkanes of at least 4 members (excludes halogenated alkanes) is 1. The van der Waals surface area contributed by atoms with Crippen LogP contribution in [0.4, 0.5) is 5.69 Å². The van der Waals surface area contributed by atoms with E-state index in [1.54, 1.807) is 24.3 Å². The van der Waals surface area contributed by atoms with Crippen LogP contribution in [0, 0.1) is 0 Å². The third-order valence-corrected chi connectivity index (χ3v) is 5.01. The Hall–Kier alpha value is -1.56. The molecule has 1 aromatic rings. The van der Waals surface area contributed by atoms with Gasteiger partial charge in [0, 0.05) is 5.69 Å². The van der Waals surface area contributed by atoms with E-state index in [-0.39, 0.29) is 5.75 Å². The summed E-state index contributed by atoms with van der Waals surface area (Å²) in [6.07, 6.45) is 2.73. The Morgan fingerprint density at radius 1 is 1.30 bits per heavy atom. The largest absolute Gasteiger partial charge is 0.481 e. The molecule has 0 radical (unpaired) electrons. The molecule has 0 spiro atoms. The number of carboxylic acids is 1. The van der Waals surface area contributed by atoms with E-state index in [0.717, 1.165) is 12.0 Å². The maximum atomic E-state index is 11.8. The van der Waals surface area contributed by atoms with Gasteiger partial charge < -0.3 is 5.11 Å². The van der Waals surface area contributed by atoms with E-state index < -0.39 is 21.4 Å². The summed E-state index contributed by atoms with van der Waals surface area (Å²) >= 11 is 0. The summed E-state index contributed by atoms with van der Waals surface area (Å²) in [4.78, 5) is 11.2. The lowest BCUT2D eigenvalue weighted by Crippen LogP contribution is -2.20. The Labute approximate surface area is 119 Å². The molecular formula is C14H19NO4S. The Balaban J connectivity index is 2.08. The molecule has 5 nitrogen and oxygen atoms in total. The lowest BCUT2D eigenvalue weighted by molar-refractivity contribution is -0.140. The van der Waals surface area contributed by atoms with Crippen molar-refractivity contribution in [3.05, 3.63) is 29.8 Å². The number of benzene rings is 1. The molecule has 20 heavy (non-hydrogen) atoms. The molecule has 1 aliphatic rings. The molecule has 0 saturated heterocycles. The van der Waals surface area contributed by atoms with Crippen LogP contribution in [0.5, 0.6) is 0 Å². The first kappa shape index (κ1) is 14.8. The first-order valence-corrected chi connectivity index (χ1v) is 8.39. The highest BCUT2D eigenvalue weighted by molar-refractivity contribution is 7.92. The second-order valence-electron chi connectivity index (χ2n) is 5.24. The van der Waals surface area contributed by atoms with Crippen LogP contribution in [0.15, 0.2) is 24.3 Å². The molecule has 1 fully saturated rings. The number of hydrogen-bond acceptors (Lipinski definition) is 3. The first-order valence-electron chi connectivity index (χ1n) is 6.74. The molecule has 1 aromatic carbocycles. The number of aliphatic carboxylic acids is 1. The Kier molecular flexibility index (Phi) is 4.04. The van der Waals surface area contributed by atoms with Crippen LogP contribution in [0.2, 0.25) is 0 Å². The summed E-state index contributed by atoms with van der Waals surface area (Å²) in [5.41, 5.74) is 0.465. The van der Waals surface area contributed by atoms with Gasteiger partial charge in [0.05, 0.1) is 11.2 Å². The van der Waals surface area contributed by atoms with E-state index in [0.29, 0.717) is 24.9 Å². The van der Waals surface area contributed by atoms with Gasteiger partial charge in [0.2, 0.25) is 10.0 Å². The maximum absolute atomic E-state index is 11.8. The highest BCUT2D eigenvalue weighted by Gasteiger charge is 2.51. The molecule has 6 heteroatoms. The van der Waals surface area contributed by atoms with Crippen LogP contribution >= 0.6 is 0 Å². The number of hydrogen-bond donors (Lipinski definition) is 2. The van der Waals surface area contributed by atoms with E-state index >= 15 is 0 Å². The minimum atomic E-state index is -3.31. The Morgan fingerprint density at radius 3 is 2.35 bits per heavy atom. The van der Waals surface area contributed by atoms with Crippen LogP contribution in [-0.2, 0) is 20.2 Å². The average molecular weight is 297 g/mol. The van der Waals surface area contributed by atoms with Gasteiger partial charge in [0.25, 0.3) is 0 Å². The summed E-state index contributed by atoms with van der Waals surface area (Å²) in [7, 11) is -3.31. The number of nitrogens with one attached hydrogen (secondary N) is 1. The topological polar surface area (TPSA) is 83.5 Å². The third-order valence-electron chi connectivity index (χ3n) is 3.64.